The van der Waals surface area contributed by atoms with Crippen LogP contribution in [0.25, 0.3) is 0 Å². The molecule has 1 heterocycles. The van der Waals surface area contributed by atoms with E-state index < -0.39 is 5.97 Å². The van der Waals surface area contributed by atoms with Crippen LogP contribution in [-0.2, 0) is 6.42 Å². The molecule has 0 saturated carbocycles. The Hall–Kier alpha value is -1.66. The average Bonchev–Trinajstić information content (AvgIpc) is 2.87. The van der Waals surface area contributed by atoms with Gasteiger partial charge in [-0.15, -0.1) is 11.3 Å². The molecule has 20 heavy (non-hydrogen) atoms. The zero-order valence-electron chi connectivity index (χ0n) is 10.6. The summed E-state index contributed by atoms with van der Waals surface area (Å²) in [6, 6.07) is 8.30. The zero-order chi connectivity index (χ0) is 14.7. The molecule has 0 aliphatic rings. The Bertz CT molecular complexity index is 666. The van der Waals surface area contributed by atoms with E-state index in [1.54, 1.807) is 18.2 Å². The van der Waals surface area contributed by atoms with E-state index in [0.29, 0.717) is 9.35 Å². The molecule has 0 aliphatic heterocycles. The van der Waals surface area contributed by atoms with Crippen molar-refractivity contribution in [3.05, 3.63) is 50.1 Å². The molecule has 1 aromatic carbocycles. The number of halogens is 1. The molecule has 0 radical (unpaired) electrons. The van der Waals surface area contributed by atoms with Crippen molar-refractivity contribution >= 4 is 44.8 Å². The fourth-order valence-corrected chi connectivity index (χ4v) is 2.88. The van der Waals surface area contributed by atoms with E-state index in [1.165, 1.54) is 17.4 Å². The number of carbonyl (C=O) groups is 2. The molecule has 6 heteroatoms. The molecule has 2 aromatic rings. The van der Waals surface area contributed by atoms with Crippen LogP contribution in [0.1, 0.15) is 31.8 Å². The molecule has 0 saturated heterocycles. The largest absolute Gasteiger partial charge is 0.478 e. The number of carboxylic acid groups (broad SMARTS) is 1. The summed E-state index contributed by atoms with van der Waals surface area (Å²) in [6.07, 6.45) is 0.870. The maximum Gasteiger partial charge on any atom is 0.337 e. The van der Waals surface area contributed by atoms with Crippen molar-refractivity contribution in [3.63, 3.8) is 0 Å². The summed E-state index contributed by atoms with van der Waals surface area (Å²) in [5.74, 6) is -1.37. The summed E-state index contributed by atoms with van der Waals surface area (Å²) < 4.78 is 0.707. The normalized spacial score (nSPS) is 10.3. The number of anilines is 1. The molecule has 2 rings (SSSR count). The zero-order valence-corrected chi connectivity index (χ0v) is 13.0. The van der Waals surface area contributed by atoms with Gasteiger partial charge in [0.25, 0.3) is 5.91 Å². The van der Waals surface area contributed by atoms with Crippen molar-refractivity contribution in [2.24, 2.45) is 0 Å². The Balaban J connectivity index is 2.27. The number of benzene rings is 1. The minimum atomic E-state index is -1.08. The first kappa shape index (κ1) is 14.7. The maximum absolute atomic E-state index is 12.1. The summed E-state index contributed by atoms with van der Waals surface area (Å²) >= 11 is 4.67. The molecule has 2 N–H and O–H groups in total. The van der Waals surface area contributed by atoms with Gasteiger partial charge >= 0.3 is 5.97 Å². The van der Waals surface area contributed by atoms with Gasteiger partial charge in [-0.3, -0.25) is 4.79 Å². The van der Waals surface area contributed by atoms with Crippen LogP contribution in [0.3, 0.4) is 0 Å². The number of thiophene rings is 1. The molecule has 104 valence electrons. The number of carbonyl (C=O) groups excluding carboxylic acids is 1. The first-order chi connectivity index (χ1) is 9.51. The van der Waals surface area contributed by atoms with Crippen LogP contribution in [0.5, 0.6) is 0 Å². The van der Waals surface area contributed by atoms with Gasteiger partial charge in [-0.1, -0.05) is 22.9 Å². The Morgan fingerprint density at radius 1 is 1.30 bits per heavy atom. The van der Waals surface area contributed by atoms with Crippen LogP contribution < -0.4 is 5.32 Å². The third-order valence-electron chi connectivity index (χ3n) is 2.69. The van der Waals surface area contributed by atoms with Gasteiger partial charge in [0.2, 0.25) is 0 Å². The summed E-state index contributed by atoms with van der Waals surface area (Å²) in [5, 5.41) is 11.8. The van der Waals surface area contributed by atoms with Crippen LogP contribution >= 0.6 is 27.3 Å². The van der Waals surface area contributed by atoms with E-state index >= 15 is 0 Å². The Labute approximate surface area is 128 Å². The van der Waals surface area contributed by atoms with E-state index in [4.69, 9.17) is 5.11 Å². The van der Waals surface area contributed by atoms with Gasteiger partial charge in [0.1, 0.15) is 0 Å². The first-order valence-electron chi connectivity index (χ1n) is 5.94. The van der Waals surface area contributed by atoms with Crippen molar-refractivity contribution in [1.29, 1.82) is 0 Å². The minimum Gasteiger partial charge on any atom is -0.478 e. The number of hydrogen-bond donors (Lipinski definition) is 2. The number of aromatic carboxylic acids is 1. The Morgan fingerprint density at radius 2 is 2.05 bits per heavy atom. The van der Waals surface area contributed by atoms with Crippen LogP contribution in [0.2, 0.25) is 0 Å². The van der Waals surface area contributed by atoms with Crippen LogP contribution in [-0.4, -0.2) is 17.0 Å². The number of hydrogen-bond acceptors (Lipinski definition) is 3. The molecule has 0 spiro atoms. The maximum atomic E-state index is 12.1. The van der Waals surface area contributed by atoms with Gasteiger partial charge in [-0.25, -0.2) is 4.79 Å². The molecule has 0 aliphatic carbocycles. The first-order valence-corrected chi connectivity index (χ1v) is 7.55. The topological polar surface area (TPSA) is 66.4 Å². The van der Waals surface area contributed by atoms with Crippen molar-refractivity contribution < 1.29 is 14.7 Å². The van der Waals surface area contributed by atoms with E-state index in [0.717, 1.165) is 11.3 Å². The fraction of sp³-hybridized carbons (Fsp3) is 0.143. The molecular formula is C14H12BrNO3S. The summed E-state index contributed by atoms with van der Waals surface area (Å²) in [6.45, 7) is 2.02. The smallest absolute Gasteiger partial charge is 0.337 e. The van der Waals surface area contributed by atoms with Crippen LogP contribution in [0, 0.1) is 0 Å². The van der Waals surface area contributed by atoms with E-state index in [2.05, 4.69) is 21.2 Å². The third kappa shape index (κ3) is 3.26. The summed E-state index contributed by atoms with van der Waals surface area (Å²) in [7, 11) is 0. The van der Waals surface area contributed by atoms with Crippen molar-refractivity contribution in [2.75, 3.05) is 5.32 Å². The second-order valence-corrected chi connectivity index (χ2v) is 6.15. The lowest BCUT2D eigenvalue weighted by Gasteiger charge is -2.08. The van der Waals surface area contributed by atoms with Gasteiger partial charge in [0.15, 0.2) is 0 Å². The van der Waals surface area contributed by atoms with Crippen molar-refractivity contribution in [3.8, 4) is 0 Å². The highest BCUT2D eigenvalue weighted by Crippen LogP contribution is 2.24. The van der Waals surface area contributed by atoms with Crippen LogP contribution in [0.15, 0.2) is 34.8 Å². The van der Waals surface area contributed by atoms with Crippen molar-refractivity contribution in [2.45, 2.75) is 13.3 Å². The van der Waals surface area contributed by atoms with Gasteiger partial charge in [0, 0.05) is 9.35 Å². The van der Waals surface area contributed by atoms with Gasteiger partial charge in [0.05, 0.1) is 16.1 Å². The predicted octanol–water partition coefficient (Wildman–Crippen LogP) is 4.02. The highest BCUT2D eigenvalue weighted by Gasteiger charge is 2.15. The SMILES string of the molecule is CCc1ccc(C(=O)Nc2cc(Br)ccc2C(=O)O)s1. The lowest BCUT2D eigenvalue weighted by atomic mass is 10.2. The predicted molar refractivity (Wildman–Crippen MR) is 82.8 cm³/mol. The molecule has 1 aromatic heterocycles. The van der Waals surface area contributed by atoms with E-state index in [9.17, 15) is 9.59 Å². The van der Waals surface area contributed by atoms with Crippen LogP contribution in [0.4, 0.5) is 5.69 Å². The molecule has 0 bridgehead atoms. The molecule has 0 atom stereocenters. The molecule has 1 amide bonds. The fourth-order valence-electron chi connectivity index (χ4n) is 1.68. The summed E-state index contributed by atoms with van der Waals surface area (Å²) in [5.41, 5.74) is 0.345. The highest BCUT2D eigenvalue weighted by molar-refractivity contribution is 9.10. The molecular weight excluding hydrogens is 342 g/mol. The highest BCUT2D eigenvalue weighted by atomic mass is 79.9. The lowest BCUT2D eigenvalue weighted by Crippen LogP contribution is -2.13. The second-order valence-electron chi connectivity index (χ2n) is 4.07. The number of aryl methyl sites for hydroxylation is 1. The Kier molecular flexibility index (Phi) is 4.57. The molecule has 0 unspecified atom stereocenters. The lowest BCUT2D eigenvalue weighted by molar-refractivity contribution is 0.0698. The number of amides is 1. The quantitative estimate of drug-likeness (QED) is 0.871. The Morgan fingerprint density at radius 3 is 2.65 bits per heavy atom. The number of rotatable bonds is 4. The van der Waals surface area contributed by atoms with E-state index in [1.807, 2.05) is 13.0 Å². The standard InChI is InChI=1S/C14H12BrNO3S/c1-2-9-4-6-12(20-9)13(17)16-11-7-8(15)3-5-10(11)14(18)19/h3-7H,2H2,1H3,(H,16,17)(H,18,19). The monoisotopic (exact) mass is 353 g/mol. The van der Waals surface area contributed by atoms with Gasteiger partial charge < -0.3 is 10.4 Å². The second kappa shape index (κ2) is 6.19. The average molecular weight is 354 g/mol. The number of carboxylic acids is 1. The van der Waals surface area contributed by atoms with Crippen molar-refractivity contribution in [1.82, 2.24) is 0 Å². The third-order valence-corrected chi connectivity index (χ3v) is 4.42. The van der Waals surface area contributed by atoms with Gasteiger partial charge in [-0.05, 0) is 36.8 Å². The van der Waals surface area contributed by atoms with E-state index in [-0.39, 0.29) is 17.2 Å². The summed E-state index contributed by atoms with van der Waals surface area (Å²) in [4.78, 5) is 24.9. The molecule has 4 nitrogen and oxygen atoms in total. The number of nitrogens with one attached hydrogen (secondary N) is 1. The van der Waals surface area contributed by atoms with Gasteiger partial charge in [-0.2, -0.15) is 0 Å². The minimum absolute atomic E-state index is 0.0637. The molecule has 0 fully saturated rings.